The van der Waals surface area contributed by atoms with Gasteiger partial charge in [0.2, 0.25) is 0 Å². The van der Waals surface area contributed by atoms with Gasteiger partial charge in [0.05, 0.1) is 7.14 Å². The van der Waals surface area contributed by atoms with E-state index in [9.17, 15) is 13.9 Å². The number of hydrogen-bond donors (Lipinski definition) is 1. The normalized spacial score (nSPS) is 10.5. The summed E-state index contributed by atoms with van der Waals surface area (Å²) in [5.74, 6) is 0.143. The predicted molar refractivity (Wildman–Crippen MR) is 60.2 cm³/mol. The van der Waals surface area contributed by atoms with Crippen LogP contribution < -0.4 is 4.74 Å². The second kappa shape index (κ2) is 4.58. The number of halogens is 4. The molecule has 72 valence electrons. The molecule has 0 saturated heterocycles. The van der Waals surface area contributed by atoms with Crippen molar-refractivity contribution in [2.45, 2.75) is 6.61 Å². The average molecular weight is 412 g/mol. The van der Waals surface area contributed by atoms with E-state index >= 15 is 0 Å². The zero-order valence-corrected chi connectivity index (χ0v) is 10.4. The highest BCUT2D eigenvalue weighted by atomic mass is 127. The summed E-state index contributed by atoms with van der Waals surface area (Å²) in [5, 5.41) is 9.31. The molecule has 0 heterocycles. The first-order valence-electron chi connectivity index (χ1n) is 3.13. The third-order valence-corrected chi connectivity index (χ3v) is 2.86. The first-order valence-corrected chi connectivity index (χ1v) is 5.29. The van der Waals surface area contributed by atoms with E-state index < -0.39 is 6.61 Å². The molecular weight excluding hydrogens is 408 g/mol. The Labute approximate surface area is 101 Å². The van der Waals surface area contributed by atoms with Crippen molar-refractivity contribution in [3.8, 4) is 11.5 Å². The Morgan fingerprint density at radius 1 is 1.23 bits per heavy atom. The summed E-state index contributed by atoms with van der Waals surface area (Å²) in [6, 6.07) is 2.70. The van der Waals surface area contributed by atoms with Crippen molar-refractivity contribution in [3.63, 3.8) is 0 Å². The van der Waals surface area contributed by atoms with E-state index in [1.807, 2.05) is 45.2 Å². The van der Waals surface area contributed by atoms with E-state index in [1.54, 1.807) is 0 Å². The Morgan fingerprint density at radius 2 is 1.69 bits per heavy atom. The van der Waals surface area contributed by atoms with Gasteiger partial charge in [0, 0.05) is 0 Å². The molecule has 0 unspecified atom stereocenters. The molecule has 1 aromatic carbocycles. The molecule has 2 nitrogen and oxygen atoms in total. The van der Waals surface area contributed by atoms with Gasteiger partial charge in [-0.25, -0.2) is 0 Å². The van der Waals surface area contributed by atoms with Crippen molar-refractivity contribution in [2.24, 2.45) is 0 Å². The number of aromatic hydroxyl groups is 1. The van der Waals surface area contributed by atoms with Crippen LogP contribution in [0.1, 0.15) is 0 Å². The van der Waals surface area contributed by atoms with Gasteiger partial charge in [-0.2, -0.15) is 8.78 Å². The molecule has 0 bridgehead atoms. The lowest BCUT2D eigenvalue weighted by atomic mass is 10.3. The minimum absolute atomic E-state index is 0.0570. The second-order valence-electron chi connectivity index (χ2n) is 2.11. The highest BCUT2D eigenvalue weighted by Crippen LogP contribution is 2.31. The highest BCUT2D eigenvalue weighted by Gasteiger charge is 2.09. The van der Waals surface area contributed by atoms with Crippen LogP contribution in [0.4, 0.5) is 8.78 Å². The third kappa shape index (κ3) is 3.08. The van der Waals surface area contributed by atoms with E-state index in [2.05, 4.69) is 4.74 Å². The van der Waals surface area contributed by atoms with Gasteiger partial charge in [-0.3, -0.25) is 0 Å². The Kier molecular flexibility index (Phi) is 3.95. The number of alkyl halides is 2. The van der Waals surface area contributed by atoms with E-state index in [4.69, 9.17) is 0 Å². The smallest absolute Gasteiger partial charge is 0.387 e. The molecule has 1 aromatic rings. The maximum absolute atomic E-state index is 11.8. The maximum Gasteiger partial charge on any atom is 0.387 e. The third-order valence-electron chi connectivity index (χ3n) is 1.22. The molecule has 0 aliphatic heterocycles. The topological polar surface area (TPSA) is 29.5 Å². The molecule has 1 N–H and O–H groups in total. The van der Waals surface area contributed by atoms with Gasteiger partial charge >= 0.3 is 6.61 Å². The summed E-state index contributed by atoms with van der Waals surface area (Å²) in [7, 11) is 0. The monoisotopic (exact) mass is 412 g/mol. The zero-order chi connectivity index (χ0) is 10.0. The van der Waals surface area contributed by atoms with Crippen LogP contribution in [0.15, 0.2) is 12.1 Å². The van der Waals surface area contributed by atoms with Crippen molar-refractivity contribution < 1.29 is 18.6 Å². The Hall–Kier alpha value is 0.140. The minimum Gasteiger partial charge on any atom is -0.506 e. The number of hydrogen-bond acceptors (Lipinski definition) is 2. The van der Waals surface area contributed by atoms with Crippen LogP contribution in [-0.4, -0.2) is 11.7 Å². The average Bonchev–Trinajstić information content (AvgIpc) is 1.98. The lowest BCUT2D eigenvalue weighted by molar-refractivity contribution is -0.0499. The fourth-order valence-corrected chi connectivity index (χ4v) is 2.42. The van der Waals surface area contributed by atoms with Crippen LogP contribution in [0.2, 0.25) is 0 Å². The van der Waals surface area contributed by atoms with Crippen molar-refractivity contribution in [1.29, 1.82) is 0 Å². The second-order valence-corrected chi connectivity index (χ2v) is 4.44. The molecule has 0 saturated carbocycles. The van der Waals surface area contributed by atoms with Gasteiger partial charge < -0.3 is 9.84 Å². The first-order chi connectivity index (χ1) is 6.00. The van der Waals surface area contributed by atoms with Crippen LogP contribution >= 0.6 is 45.2 Å². The minimum atomic E-state index is -2.84. The number of phenols is 1. The molecule has 0 fully saturated rings. The molecular formula is C7H4F2I2O2. The summed E-state index contributed by atoms with van der Waals surface area (Å²) < 4.78 is 28.7. The van der Waals surface area contributed by atoms with Gasteiger partial charge in [0.15, 0.2) is 0 Å². The maximum atomic E-state index is 11.8. The van der Waals surface area contributed by atoms with Crippen molar-refractivity contribution in [3.05, 3.63) is 19.3 Å². The summed E-state index contributed by atoms with van der Waals surface area (Å²) in [6.45, 7) is -2.84. The molecule has 0 aliphatic rings. The van der Waals surface area contributed by atoms with Crippen LogP contribution in [0.3, 0.4) is 0 Å². The van der Waals surface area contributed by atoms with Gasteiger partial charge in [-0.15, -0.1) is 0 Å². The summed E-state index contributed by atoms with van der Waals surface area (Å²) in [6.07, 6.45) is 0. The van der Waals surface area contributed by atoms with Crippen LogP contribution in [0.25, 0.3) is 0 Å². The van der Waals surface area contributed by atoms with Crippen molar-refractivity contribution in [2.75, 3.05) is 0 Å². The molecule has 0 spiro atoms. The van der Waals surface area contributed by atoms with E-state index in [-0.39, 0.29) is 11.5 Å². The van der Waals surface area contributed by atoms with Gasteiger partial charge in [0.1, 0.15) is 11.5 Å². The van der Waals surface area contributed by atoms with Gasteiger partial charge in [0.25, 0.3) is 0 Å². The first kappa shape index (κ1) is 11.2. The number of ether oxygens (including phenoxy) is 1. The molecule has 0 amide bonds. The molecule has 0 aliphatic carbocycles. The summed E-state index contributed by atoms with van der Waals surface area (Å²) in [4.78, 5) is 0. The van der Waals surface area contributed by atoms with E-state index in [0.29, 0.717) is 7.14 Å². The summed E-state index contributed by atoms with van der Waals surface area (Å²) in [5.41, 5.74) is 0. The van der Waals surface area contributed by atoms with Gasteiger partial charge in [-0.05, 0) is 57.3 Å². The predicted octanol–water partition coefficient (Wildman–Crippen LogP) is 3.20. The van der Waals surface area contributed by atoms with E-state index in [0.717, 1.165) is 0 Å². The fourth-order valence-electron chi connectivity index (χ4n) is 0.713. The quantitative estimate of drug-likeness (QED) is 0.757. The molecule has 6 heteroatoms. The molecule has 0 aromatic heterocycles. The van der Waals surface area contributed by atoms with Crippen LogP contribution in [0, 0.1) is 7.14 Å². The van der Waals surface area contributed by atoms with Crippen LogP contribution in [0.5, 0.6) is 11.5 Å². The number of phenolic OH excluding ortho intramolecular Hbond substituents is 1. The summed E-state index contributed by atoms with van der Waals surface area (Å²) >= 11 is 3.69. The SMILES string of the molecule is Oc1c(I)cc(OC(F)F)cc1I. The van der Waals surface area contributed by atoms with Crippen molar-refractivity contribution in [1.82, 2.24) is 0 Å². The number of benzene rings is 1. The molecule has 0 radical (unpaired) electrons. The van der Waals surface area contributed by atoms with E-state index in [1.165, 1.54) is 12.1 Å². The fraction of sp³-hybridized carbons (Fsp3) is 0.143. The zero-order valence-electron chi connectivity index (χ0n) is 6.10. The Bertz CT molecular complexity index is 294. The molecule has 13 heavy (non-hydrogen) atoms. The highest BCUT2D eigenvalue weighted by molar-refractivity contribution is 14.1. The standard InChI is InChI=1S/C7H4F2I2O2/c8-7(9)13-3-1-4(10)6(12)5(11)2-3/h1-2,7,12H. The van der Waals surface area contributed by atoms with Gasteiger partial charge in [-0.1, -0.05) is 0 Å². The lowest BCUT2D eigenvalue weighted by Gasteiger charge is -2.06. The Morgan fingerprint density at radius 3 is 2.08 bits per heavy atom. The number of rotatable bonds is 2. The largest absolute Gasteiger partial charge is 0.506 e. The molecule has 0 atom stereocenters. The lowest BCUT2D eigenvalue weighted by Crippen LogP contribution is -2.02. The van der Waals surface area contributed by atoms with Crippen molar-refractivity contribution >= 4 is 45.2 Å². The Balaban J connectivity index is 2.99. The van der Waals surface area contributed by atoms with Crippen LogP contribution in [-0.2, 0) is 0 Å². The molecule has 1 rings (SSSR count).